The van der Waals surface area contributed by atoms with Crippen molar-refractivity contribution < 1.29 is 0 Å². The molecular formula is C8H8BrCl. The van der Waals surface area contributed by atoms with Gasteiger partial charge in [-0.3, -0.25) is 0 Å². The first-order valence-electron chi connectivity index (χ1n) is 3.03. The molecule has 10 heavy (non-hydrogen) atoms. The minimum atomic E-state index is 0.826. The van der Waals surface area contributed by atoms with Gasteiger partial charge in [0.15, 0.2) is 0 Å². The van der Waals surface area contributed by atoms with E-state index in [0.29, 0.717) is 0 Å². The molecule has 0 N–H and O–H groups in total. The van der Waals surface area contributed by atoms with E-state index in [0.717, 1.165) is 15.1 Å². The smallest absolute Gasteiger partial charge is 0.0449 e. The highest BCUT2D eigenvalue weighted by Crippen LogP contribution is 2.23. The van der Waals surface area contributed by atoms with E-state index < -0.39 is 0 Å². The molecule has 0 fully saturated rings. The molecule has 0 aromatic heterocycles. The van der Waals surface area contributed by atoms with E-state index >= 15 is 0 Å². The van der Waals surface area contributed by atoms with Crippen molar-refractivity contribution >= 4 is 27.5 Å². The van der Waals surface area contributed by atoms with Crippen molar-refractivity contribution in [2.75, 3.05) is 0 Å². The molecule has 2 heteroatoms. The number of benzene rings is 1. The van der Waals surface area contributed by atoms with Gasteiger partial charge in [-0.2, -0.15) is 0 Å². The van der Waals surface area contributed by atoms with Crippen LogP contribution in [0.15, 0.2) is 16.6 Å². The molecule has 0 saturated carbocycles. The van der Waals surface area contributed by atoms with Gasteiger partial charge in [-0.25, -0.2) is 0 Å². The largest absolute Gasteiger partial charge is 0.0840 e. The Morgan fingerprint density at radius 1 is 1.30 bits per heavy atom. The van der Waals surface area contributed by atoms with Crippen LogP contribution in [0.25, 0.3) is 0 Å². The Kier molecular flexibility index (Phi) is 2.37. The van der Waals surface area contributed by atoms with E-state index in [9.17, 15) is 0 Å². The summed E-state index contributed by atoms with van der Waals surface area (Å²) in [7, 11) is 0. The lowest BCUT2D eigenvalue weighted by Crippen LogP contribution is -1.81. The van der Waals surface area contributed by atoms with Gasteiger partial charge in [-0.15, -0.1) is 0 Å². The van der Waals surface area contributed by atoms with E-state index in [1.165, 1.54) is 5.56 Å². The van der Waals surface area contributed by atoms with Gasteiger partial charge in [0.05, 0.1) is 0 Å². The number of rotatable bonds is 0. The van der Waals surface area contributed by atoms with Crippen LogP contribution in [0.1, 0.15) is 11.1 Å². The van der Waals surface area contributed by atoms with Crippen LogP contribution >= 0.6 is 27.5 Å². The zero-order chi connectivity index (χ0) is 7.72. The van der Waals surface area contributed by atoms with Gasteiger partial charge >= 0.3 is 0 Å². The molecule has 0 saturated heterocycles. The fraction of sp³-hybridized carbons (Fsp3) is 0.250. The second-order valence-electron chi connectivity index (χ2n) is 2.33. The number of hydrogen-bond acceptors (Lipinski definition) is 0. The number of halogens is 2. The highest BCUT2D eigenvalue weighted by molar-refractivity contribution is 9.10. The van der Waals surface area contributed by atoms with Crippen LogP contribution in [-0.4, -0.2) is 0 Å². The van der Waals surface area contributed by atoms with E-state index in [1.807, 2.05) is 19.9 Å². The highest BCUT2D eigenvalue weighted by atomic mass is 79.9. The molecule has 0 atom stereocenters. The average molecular weight is 220 g/mol. The van der Waals surface area contributed by atoms with Crippen LogP contribution in [0, 0.1) is 13.8 Å². The third-order valence-corrected chi connectivity index (χ3v) is 2.42. The van der Waals surface area contributed by atoms with Crippen molar-refractivity contribution in [3.8, 4) is 0 Å². The molecule has 1 rings (SSSR count). The van der Waals surface area contributed by atoms with E-state index in [2.05, 4.69) is 22.0 Å². The molecule has 0 heterocycles. The fourth-order valence-corrected chi connectivity index (χ4v) is 1.75. The summed E-state index contributed by atoms with van der Waals surface area (Å²) in [4.78, 5) is 0. The van der Waals surface area contributed by atoms with E-state index in [-0.39, 0.29) is 0 Å². The summed E-state index contributed by atoms with van der Waals surface area (Å²) < 4.78 is 1.04. The van der Waals surface area contributed by atoms with Crippen LogP contribution < -0.4 is 0 Å². The maximum absolute atomic E-state index is 5.89. The predicted octanol–water partition coefficient (Wildman–Crippen LogP) is 3.72. The molecule has 0 aliphatic rings. The molecule has 0 amide bonds. The molecular weight excluding hydrogens is 211 g/mol. The topological polar surface area (TPSA) is 0 Å². The van der Waals surface area contributed by atoms with Gasteiger partial charge in [0.25, 0.3) is 0 Å². The summed E-state index contributed by atoms with van der Waals surface area (Å²) in [5, 5.41) is 0.826. The highest BCUT2D eigenvalue weighted by Gasteiger charge is 1.98. The van der Waals surface area contributed by atoms with Crippen molar-refractivity contribution in [1.29, 1.82) is 0 Å². The van der Waals surface area contributed by atoms with Crippen LogP contribution in [-0.2, 0) is 0 Å². The Morgan fingerprint density at radius 2 is 1.90 bits per heavy atom. The van der Waals surface area contributed by atoms with Crippen LogP contribution in [0.4, 0.5) is 0 Å². The Hall–Kier alpha value is -0.0100. The predicted molar refractivity (Wildman–Crippen MR) is 48.6 cm³/mol. The fourth-order valence-electron chi connectivity index (χ4n) is 0.774. The van der Waals surface area contributed by atoms with Crippen molar-refractivity contribution in [3.05, 3.63) is 32.8 Å². The van der Waals surface area contributed by atoms with Crippen molar-refractivity contribution in [1.82, 2.24) is 0 Å². The third kappa shape index (κ3) is 1.53. The minimum Gasteiger partial charge on any atom is -0.0840 e. The summed E-state index contributed by atoms with van der Waals surface area (Å²) in [6, 6.07) is 3.96. The Balaban J connectivity index is 3.31. The summed E-state index contributed by atoms with van der Waals surface area (Å²) >= 11 is 9.25. The van der Waals surface area contributed by atoms with E-state index in [1.54, 1.807) is 0 Å². The van der Waals surface area contributed by atoms with E-state index in [4.69, 9.17) is 11.6 Å². The zero-order valence-electron chi connectivity index (χ0n) is 5.91. The molecule has 0 radical (unpaired) electrons. The van der Waals surface area contributed by atoms with Gasteiger partial charge in [0.2, 0.25) is 0 Å². The molecule has 54 valence electrons. The number of hydrogen-bond donors (Lipinski definition) is 0. The van der Waals surface area contributed by atoms with Crippen molar-refractivity contribution in [2.24, 2.45) is 0 Å². The molecule has 0 unspecified atom stereocenters. The van der Waals surface area contributed by atoms with Crippen molar-refractivity contribution in [2.45, 2.75) is 13.8 Å². The number of aryl methyl sites for hydroxylation is 1. The molecule has 0 spiro atoms. The van der Waals surface area contributed by atoms with Gasteiger partial charge in [0, 0.05) is 9.50 Å². The molecule has 0 aliphatic heterocycles. The lowest BCUT2D eigenvalue weighted by molar-refractivity contribution is 1.33. The van der Waals surface area contributed by atoms with Gasteiger partial charge < -0.3 is 0 Å². The molecule has 0 nitrogen and oxygen atoms in total. The normalized spacial score (nSPS) is 10.0. The Labute approximate surface area is 74.3 Å². The monoisotopic (exact) mass is 218 g/mol. The van der Waals surface area contributed by atoms with Crippen molar-refractivity contribution in [3.63, 3.8) is 0 Å². The maximum atomic E-state index is 5.89. The third-order valence-electron chi connectivity index (χ3n) is 1.57. The van der Waals surface area contributed by atoms with Gasteiger partial charge in [0.1, 0.15) is 0 Å². The summed E-state index contributed by atoms with van der Waals surface area (Å²) in [6.07, 6.45) is 0. The lowest BCUT2D eigenvalue weighted by Gasteiger charge is -2.01. The molecule has 1 aromatic carbocycles. The quantitative estimate of drug-likeness (QED) is 0.624. The second kappa shape index (κ2) is 2.93. The zero-order valence-corrected chi connectivity index (χ0v) is 8.25. The van der Waals surface area contributed by atoms with Gasteiger partial charge in [-0.1, -0.05) is 27.5 Å². The Morgan fingerprint density at radius 3 is 2.40 bits per heavy atom. The summed E-state index contributed by atoms with van der Waals surface area (Å²) in [6.45, 7) is 4.07. The van der Waals surface area contributed by atoms with Gasteiger partial charge in [-0.05, 0) is 37.1 Å². The maximum Gasteiger partial charge on any atom is 0.0449 e. The minimum absolute atomic E-state index is 0.826. The van der Waals surface area contributed by atoms with Crippen LogP contribution in [0.3, 0.4) is 0 Å². The first-order valence-corrected chi connectivity index (χ1v) is 4.20. The first kappa shape index (κ1) is 8.09. The second-order valence-corrected chi connectivity index (χ2v) is 3.65. The average Bonchev–Trinajstić information content (AvgIpc) is 1.82. The molecule has 1 aromatic rings. The molecule has 0 bridgehead atoms. The standard InChI is InChI=1S/C8H8BrCl/c1-5-3-7(9)4-8(10)6(5)2/h3-4H,1-2H3. The summed E-state index contributed by atoms with van der Waals surface area (Å²) in [5.74, 6) is 0. The lowest BCUT2D eigenvalue weighted by atomic mass is 10.1. The van der Waals surface area contributed by atoms with Crippen LogP contribution in [0.2, 0.25) is 5.02 Å². The van der Waals surface area contributed by atoms with Crippen LogP contribution in [0.5, 0.6) is 0 Å². The summed E-state index contributed by atoms with van der Waals surface area (Å²) in [5.41, 5.74) is 2.38. The Bertz CT molecular complexity index is 232. The first-order chi connectivity index (χ1) is 4.61. The SMILES string of the molecule is Cc1cc(Br)cc(Cl)c1C. The molecule has 0 aliphatic carbocycles.